The average molecular weight is 138 g/mol. The summed E-state index contributed by atoms with van der Waals surface area (Å²) in [6.07, 6.45) is 8.97. The predicted octanol–water partition coefficient (Wildman–Crippen LogP) is 1.56. The van der Waals surface area contributed by atoms with Crippen LogP contribution in [0.2, 0.25) is 0 Å². The van der Waals surface area contributed by atoms with Crippen molar-refractivity contribution < 1.29 is 5.11 Å². The first-order valence-corrected chi connectivity index (χ1v) is 3.82. The lowest BCUT2D eigenvalue weighted by molar-refractivity contribution is 0.0148. The van der Waals surface area contributed by atoms with Crippen LogP contribution in [0.25, 0.3) is 0 Å². The number of hydrogen-bond acceptors (Lipinski definition) is 1. The topological polar surface area (TPSA) is 20.2 Å². The minimum atomic E-state index is -0.437. The van der Waals surface area contributed by atoms with Crippen molar-refractivity contribution in [3.8, 4) is 12.3 Å². The third kappa shape index (κ3) is 1.75. The number of hydrogen-bond donors (Lipinski definition) is 1. The van der Waals surface area contributed by atoms with E-state index >= 15 is 0 Å². The zero-order chi connectivity index (χ0) is 7.61. The lowest BCUT2D eigenvalue weighted by atomic mass is 9.80. The van der Waals surface area contributed by atoms with Crippen LogP contribution in [0.15, 0.2) is 0 Å². The molecule has 1 fully saturated rings. The summed E-state index contributed by atoms with van der Waals surface area (Å²) in [5, 5.41) is 9.52. The van der Waals surface area contributed by atoms with Gasteiger partial charge in [0.1, 0.15) is 0 Å². The smallest absolute Gasteiger partial charge is 0.0620 e. The predicted molar refractivity (Wildman–Crippen MR) is 41.4 cm³/mol. The number of rotatable bonds is 0. The number of aliphatic hydroxyl groups is 1. The molecule has 0 unspecified atom stereocenters. The zero-order valence-electron chi connectivity index (χ0n) is 6.43. The summed E-state index contributed by atoms with van der Waals surface area (Å²) < 4.78 is 0. The second-order valence-corrected chi connectivity index (χ2v) is 3.44. The summed E-state index contributed by atoms with van der Waals surface area (Å²) >= 11 is 0. The third-order valence-electron chi connectivity index (χ3n) is 2.30. The fourth-order valence-electron chi connectivity index (χ4n) is 1.41. The van der Waals surface area contributed by atoms with Crippen LogP contribution in [-0.2, 0) is 0 Å². The normalized spacial score (nSPS) is 40.7. The lowest BCUT2D eigenvalue weighted by Crippen LogP contribution is -2.29. The molecule has 0 aromatic carbocycles. The van der Waals surface area contributed by atoms with Gasteiger partial charge in [-0.2, -0.15) is 0 Å². The average Bonchev–Trinajstić information content (AvgIpc) is 1.88. The van der Waals surface area contributed by atoms with Crippen LogP contribution < -0.4 is 0 Å². The van der Waals surface area contributed by atoms with E-state index in [9.17, 15) is 5.11 Å². The SMILES string of the molecule is C#CC1CCC(C)(O)CC1. The Morgan fingerprint density at radius 2 is 2.00 bits per heavy atom. The van der Waals surface area contributed by atoms with E-state index in [1.807, 2.05) is 6.92 Å². The highest BCUT2D eigenvalue weighted by atomic mass is 16.3. The molecule has 0 heterocycles. The molecule has 0 bridgehead atoms. The van der Waals surface area contributed by atoms with Gasteiger partial charge in [0.25, 0.3) is 0 Å². The van der Waals surface area contributed by atoms with Crippen LogP contribution in [0.1, 0.15) is 32.6 Å². The van der Waals surface area contributed by atoms with Crippen LogP contribution in [-0.4, -0.2) is 10.7 Å². The molecule has 0 radical (unpaired) electrons. The maximum absolute atomic E-state index is 9.52. The summed E-state index contributed by atoms with van der Waals surface area (Å²) in [6, 6.07) is 0. The Kier molecular flexibility index (Phi) is 2.01. The van der Waals surface area contributed by atoms with E-state index in [1.54, 1.807) is 0 Å². The first kappa shape index (κ1) is 7.63. The first-order chi connectivity index (χ1) is 4.64. The molecule has 10 heavy (non-hydrogen) atoms. The fourth-order valence-corrected chi connectivity index (χ4v) is 1.41. The Bertz CT molecular complexity index is 143. The van der Waals surface area contributed by atoms with E-state index in [1.165, 1.54) is 0 Å². The molecule has 1 heteroatoms. The van der Waals surface area contributed by atoms with Crippen LogP contribution in [0.4, 0.5) is 0 Å². The molecule has 1 aliphatic rings. The van der Waals surface area contributed by atoms with Crippen molar-refractivity contribution in [2.45, 2.75) is 38.2 Å². The minimum absolute atomic E-state index is 0.417. The second-order valence-electron chi connectivity index (χ2n) is 3.44. The Labute approximate surface area is 62.4 Å². The standard InChI is InChI=1S/C9H14O/c1-3-8-4-6-9(2,10)7-5-8/h1,8,10H,4-7H2,2H3. The van der Waals surface area contributed by atoms with Gasteiger partial charge in [0.2, 0.25) is 0 Å². The third-order valence-corrected chi connectivity index (χ3v) is 2.30. The quantitative estimate of drug-likeness (QED) is 0.504. The summed E-state index contributed by atoms with van der Waals surface area (Å²) in [4.78, 5) is 0. The molecule has 0 aromatic heterocycles. The first-order valence-electron chi connectivity index (χ1n) is 3.82. The van der Waals surface area contributed by atoms with Gasteiger partial charge >= 0.3 is 0 Å². The Balaban J connectivity index is 2.40. The molecule has 0 amide bonds. The van der Waals surface area contributed by atoms with Gasteiger partial charge in [-0.3, -0.25) is 0 Å². The lowest BCUT2D eigenvalue weighted by Gasteiger charge is -2.30. The van der Waals surface area contributed by atoms with Crippen molar-refractivity contribution in [3.05, 3.63) is 0 Å². The van der Waals surface area contributed by atoms with Crippen LogP contribution in [0.3, 0.4) is 0 Å². The van der Waals surface area contributed by atoms with E-state index < -0.39 is 5.60 Å². The summed E-state index contributed by atoms with van der Waals surface area (Å²) in [6.45, 7) is 1.89. The van der Waals surface area contributed by atoms with Gasteiger partial charge in [-0.05, 0) is 32.6 Å². The molecule has 0 spiro atoms. The van der Waals surface area contributed by atoms with Gasteiger partial charge in [0.15, 0.2) is 0 Å². The van der Waals surface area contributed by atoms with Gasteiger partial charge in [-0.25, -0.2) is 0 Å². The van der Waals surface area contributed by atoms with Gasteiger partial charge in [-0.1, -0.05) is 0 Å². The highest BCUT2D eigenvalue weighted by molar-refractivity contribution is 4.97. The Hall–Kier alpha value is -0.480. The molecular weight excluding hydrogens is 124 g/mol. The van der Waals surface area contributed by atoms with Crippen LogP contribution in [0.5, 0.6) is 0 Å². The monoisotopic (exact) mass is 138 g/mol. The highest BCUT2D eigenvalue weighted by Gasteiger charge is 2.27. The summed E-state index contributed by atoms with van der Waals surface area (Å²) in [5.41, 5.74) is -0.437. The van der Waals surface area contributed by atoms with Gasteiger partial charge in [-0.15, -0.1) is 12.3 Å². The minimum Gasteiger partial charge on any atom is -0.390 e. The molecule has 56 valence electrons. The van der Waals surface area contributed by atoms with E-state index in [0.717, 1.165) is 25.7 Å². The van der Waals surface area contributed by atoms with E-state index in [4.69, 9.17) is 6.42 Å². The largest absolute Gasteiger partial charge is 0.390 e. The highest BCUT2D eigenvalue weighted by Crippen LogP contribution is 2.30. The molecular formula is C9H14O. The molecule has 1 aliphatic carbocycles. The Morgan fingerprint density at radius 1 is 1.50 bits per heavy atom. The van der Waals surface area contributed by atoms with Crippen molar-refractivity contribution in [2.75, 3.05) is 0 Å². The molecule has 0 aliphatic heterocycles. The molecule has 0 atom stereocenters. The van der Waals surface area contributed by atoms with Crippen molar-refractivity contribution in [2.24, 2.45) is 5.92 Å². The maximum Gasteiger partial charge on any atom is 0.0620 e. The summed E-state index contributed by atoms with van der Waals surface area (Å²) in [7, 11) is 0. The van der Waals surface area contributed by atoms with Crippen molar-refractivity contribution in [3.63, 3.8) is 0 Å². The zero-order valence-corrected chi connectivity index (χ0v) is 6.43. The van der Waals surface area contributed by atoms with Gasteiger partial charge in [0, 0.05) is 5.92 Å². The van der Waals surface area contributed by atoms with E-state index in [0.29, 0.717) is 5.92 Å². The Morgan fingerprint density at radius 3 is 2.40 bits per heavy atom. The van der Waals surface area contributed by atoms with Crippen molar-refractivity contribution in [1.82, 2.24) is 0 Å². The summed E-state index contributed by atoms with van der Waals surface area (Å²) in [5.74, 6) is 3.15. The molecule has 1 N–H and O–H groups in total. The second kappa shape index (κ2) is 2.64. The van der Waals surface area contributed by atoms with Gasteiger partial charge < -0.3 is 5.11 Å². The molecule has 0 aromatic rings. The van der Waals surface area contributed by atoms with E-state index in [-0.39, 0.29) is 0 Å². The molecule has 1 rings (SSSR count). The molecule has 1 saturated carbocycles. The molecule has 0 saturated heterocycles. The van der Waals surface area contributed by atoms with Gasteiger partial charge in [0.05, 0.1) is 5.60 Å². The van der Waals surface area contributed by atoms with Crippen LogP contribution >= 0.6 is 0 Å². The fraction of sp³-hybridized carbons (Fsp3) is 0.778. The van der Waals surface area contributed by atoms with Crippen molar-refractivity contribution >= 4 is 0 Å². The van der Waals surface area contributed by atoms with Crippen LogP contribution in [0, 0.1) is 18.3 Å². The van der Waals surface area contributed by atoms with Crippen molar-refractivity contribution in [1.29, 1.82) is 0 Å². The molecule has 1 nitrogen and oxygen atoms in total. The van der Waals surface area contributed by atoms with E-state index in [2.05, 4.69) is 5.92 Å². The maximum atomic E-state index is 9.52. The number of terminal acetylenes is 1.